The fraction of sp³-hybridized carbons (Fsp3) is 0.696. The van der Waals surface area contributed by atoms with Crippen molar-refractivity contribution in [1.29, 1.82) is 0 Å². The van der Waals surface area contributed by atoms with E-state index < -0.39 is 36.0 Å². The molecule has 2 aliphatic rings. The second-order valence-electron chi connectivity index (χ2n) is 9.37. The van der Waals surface area contributed by atoms with Crippen molar-refractivity contribution in [2.24, 2.45) is 0 Å². The number of halogens is 6. The number of likely N-dealkylation sites (tertiary alicyclic amines) is 1. The molecule has 2 aromatic heterocycles. The number of nitrogens with zero attached hydrogens (tertiary/aromatic N) is 3. The number of fused-ring (bicyclic) bond motifs is 2. The summed E-state index contributed by atoms with van der Waals surface area (Å²) in [6.07, 6.45) is -3.46. The van der Waals surface area contributed by atoms with E-state index in [-0.39, 0.29) is 18.2 Å². The van der Waals surface area contributed by atoms with Crippen LogP contribution in [0.4, 0.5) is 26.3 Å². The quantitative estimate of drug-likeness (QED) is 0.382. The first-order valence-corrected chi connectivity index (χ1v) is 12.6. The summed E-state index contributed by atoms with van der Waals surface area (Å²) >= 11 is 0.707. The van der Waals surface area contributed by atoms with Crippen LogP contribution in [0.15, 0.2) is 12.4 Å². The van der Waals surface area contributed by atoms with E-state index in [0.717, 1.165) is 5.56 Å². The van der Waals surface area contributed by atoms with E-state index in [2.05, 4.69) is 14.7 Å². The number of aromatic nitrogens is 2. The Morgan fingerprint density at radius 3 is 2.72 bits per heavy atom. The molecule has 13 heteroatoms. The lowest BCUT2D eigenvalue weighted by Gasteiger charge is -2.47. The predicted molar refractivity (Wildman–Crippen MR) is 119 cm³/mol. The van der Waals surface area contributed by atoms with Gasteiger partial charge in [0.05, 0.1) is 19.4 Å². The van der Waals surface area contributed by atoms with Crippen LogP contribution in [-0.4, -0.2) is 58.4 Å². The van der Waals surface area contributed by atoms with E-state index in [9.17, 15) is 31.4 Å². The molecule has 0 bridgehead atoms. The fourth-order valence-electron chi connectivity index (χ4n) is 5.13. The van der Waals surface area contributed by atoms with Gasteiger partial charge in [-0.25, -0.2) is 0 Å². The number of aryl methyl sites for hydroxylation is 1. The van der Waals surface area contributed by atoms with Crippen molar-refractivity contribution < 1.29 is 40.9 Å². The summed E-state index contributed by atoms with van der Waals surface area (Å²) in [7, 11) is 0. The highest BCUT2D eigenvalue weighted by Gasteiger charge is 2.48. The molecule has 1 spiro atoms. The molecule has 4 rings (SSSR count). The molecular formula is C23H29F6N3O3S. The Hall–Kier alpha value is -1.67. The van der Waals surface area contributed by atoms with E-state index in [1.54, 1.807) is 10.9 Å². The number of ether oxygens (including phenoxy) is 2. The average molecular weight is 542 g/mol. The lowest BCUT2D eigenvalue weighted by atomic mass is 9.81. The summed E-state index contributed by atoms with van der Waals surface area (Å²) in [4.78, 5) is 2.09. The SMILES string of the molecule is C[C@H]1C[C@@]2(CCN1Cc1cnn(CCCOCC(F)(F)F)c1)OCCc1c2sc(C(F)(F)F)c1CO. The van der Waals surface area contributed by atoms with Gasteiger partial charge in [-0.2, -0.15) is 31.4 Å². The Balaban J connectivity index is 1.37. The summed E-state index contributed by atoms with van der Waals surface area (Å²) in [6, 6.07) is 0.0258. The van der Waals surface area contributed by atoms with Crippen molar-refractivity contribution in [3.8, 4) is 0 Å². The minimum absolute atomic E-state index is 0.0152. The first-order valence-electron chi connectivity index (χ1n) is 11.8. The number of alkyl halides is 6. The van der Waals surface area contributed by atoms with E-state index in [1.165, 1.54) is 0 Å². The second-order valence-corrected chi connectivity index (χ2v) is 10.4. The van der Waals surface area contributed by atoms with Gasteiger partial charge in [0.25, 0.3) is 0 Å². The third kappa shape index (κ3) is 6.07. The topological polar surface area (TPSA) is 59.8 Å². The molecule has 0 aromatic carbocycles. The largest absolute Gasteiger partial charge is 0.425 e. The van der Waals surface area contributed by atoms with E-state index in [0.29, 0.717) is 73.7 Å². The molecular weight excluding hydrogens is 512 g/mol. The van der Waals surface area contributed by atoms with Crippen molar-refractivity contribution in [1.82, 2.24) is 14.7 Å². The smallest absolute Gasteiger partial charge is 0.392 e. The predicted octanol–water partition coefficient (Wildman–Crippen LogP) is 4.88. The van der Waals surface area contributed by atoms with Gasteiger partial charge >= 0.3 is 12.4 Å². The second kappa shape index (κ2) is 10.6. The molecule has 2 aromatic rings. The van der Waals surface area contributed by atoms with Crippen LogP contribution in [0.5, 0.6) is 0 Å². The standard InChI is InChI=1S/C23H29F6N3O3S/c1-15-9-21(19-17(3-8-35-21)18(13-33)20(36-19)23(27,28)29)4-6-31(15)11-16-10-30-32(12-16)5-2-7-34-14-22(24,25)26/h10,12,15,33H,2-9,11,13-14H2,1H3/t15-,21+/m0/s1. The summed E-state index contributed by atoms with van der Waals surface area (Å²) in [5.74, 6) is 0. The van der Waals surface area contributed by atoms with Crippen molar-refractivity contribution in [2.45, 2.75) is 76.3 Å². The Bertz CT molecular complexity index is 1040. The molecule has 1 fully saturated rings. The Labute approximate surface area is 208 Å². The van der Waals surface area contributed by atoms with Gasteiger partial charge in [-0.15, -0.1) is 11.3 Å². The van der Waals surface area contributed by atoms with Gasteiger partial charge < -0.3 is 14.6 Å². The summed E-state index contributed by atoms with van der Waals surface area (Å²) in [5.41, 5.74) is 0.721. The van der Waals surface area contributed by atoms with Crippen LogP contribution in [0.2, 0.25) is 0 Å². The van der Waals surface area contributed by atoms with Crippen LogP contribution in [0.3, 0.4) is 0 Å². The molecule has 1 saturated heterocycles. The van der Waals surface area contributed by atoms with Gasteiger partial charge in [-0.1, -0.05) is 0 Å². The molecule has 2 atom stereocenters. The van der Waals surface area contributed by atoms with Crippen LogP contribution < -0.4 is 0 Å². The van der Waals surface area contributed by atoms with E-state index >= 15 is 0 Å². The summed E-state index contributed by atoms with van der Waals surface area (Å²) in [6.45, 7) is 2.06. The number of thiophene rings is 1. The molecule has 0 saturated carbocycles. The van der Waals surface area contributed by atoms with Gasteiger partial charge in [0.15, 0.2) is 0 Å². The summed E-state index contributed by atoms with van der Waals surface area (Å²) < 4.78 is 89.7. The number of hydrogen-bond donors (Lipinski definition) is 1. The summed E-state index contributed by atoms with van der Waals surface area (Å²) in [5, 5.41) is 14.0. The number of piperidine rings is 1. The van der Waals surface area contributed by atoms with Gasteiger partial charge in [-0.05, 0) is 38.2 Å². The monoisotopic (exact) mass is 541 g/mol. The molecule has 36 heavy (non-hydrogen) atoms. The molecule has 4 heterocycles. The van der Waals surface area contributed by atoms with Gasteiger partial charge in [0.1, 0.15) is 17.1 Å². The van der Waals surface area contributed by atoms with Gasteiger partial charge in [-0.3, -0.25) is 9.58 Å². The van der Waals surface area contributed by atoms with E-state index in [1.807, 2.05) is 13.1 Å². The van der Waals surface area contributed by atoms with Crippen LogP contribution >= 0.6 is 11.3 Å². The minimum atomic E-state index is -4.52. The average Bonchev–Trinajstić information content (AvgIpc) is 3.40. The third-order valence-electron chi connectivity index (χ3n) is 6.74. The highest BCUT2D eigenvalue weighted by atomic mass is 32.1. The zero-order valence-electron chi connectivity index (χ0n) is 19.8. The molecule has 2 aliphatic heterocycles. The minimum Gasteiger partial charge on any atom is -0.392 e. The Morgan fingerprint density at radius 2 is 2.06 bits per heavy atom. The fourth-order valence-corrected chi connectivity index (χ4v) is 6.54. The maximum absolute atomic E-state index is 13.6. The number of rotatable bonds is 8. The number of aliphatic hydroxyl groups is 1. The zero-order valence-corrected chi connectivity index (χ0v) is 20.6. The van der Waals surface area contributed by atoms with Gasteiger partial charge in [0.2, 0.25) is 0 Å². The third-order valence-corrected chi connectivity index (χ3v) is 8.25. The van der Waals surface area contributed by atoms with Gasteiger partial charge in [0, 0.05) is 54.5 Å². The zero-order chi connectivity index (χ0) is 26.1. The van der Waals surface area contributed by atoms with Crippen LogP contribution in [0.1, 0.15) is 52.6 Å². The van der Waals surface area contributed by atoms with Crippen LogP contribution in [-0.2, 0) is 47.4 Å². The molecule has 0 unspecified atom stereocenters. The molecule has 1 N–H and O–H groups in total. The molecule has 0 radical (unpaired) electrons. The molecule has 0 amide bonds. The lowest BCUT2D eigenvalue weighted by Crippen LogP contribution is -2.50. The lowest BCUT2D eigenvalue weighted by molar-refractivity contribution is -0.174. The highest BCUT2D eigenvalue weighted by molar-refractivity contribution is 7.12. The van der Waals surface area contributed by atoms with E-state index in [4.69, 9.17) is 4.74 Å². The Morgan fingerprint density at radius 1 is 1.28 bits per heavy atom. The van der Waals surface area contributed by atoms with Crippen molar-refractivity contribution >= 4 is 11.3 Å². The van der Waals surface area contributed by atoms with Crippen LogP contribution in [0.25, 0.3) is 0 Å². The molecule has 0 aliphatic carbocycles. The van der Waals surface area contributed by atoms with Crippen molar-refractivity contribution in [3.05, 3.63) is 38.8 Å². The number of aliphatic hydroxyl groups excluding tert-OH is 1. The normalized spacial score (nSPS) is 23.4. The van der Waals surface area contributed by atoms with Crippen molar-refractivity contribution in [3.63, 3.8) is 0 Å². The maximum atomic E-state index is 13.6. The first-order chi connectivity index (χ1) is 16.9. The van der Waals surface area contributed by atoms with Crippen LogP contribution in [0, 0.1) is 0 Å². The molecule has 6 nitrogen and oxygen atoms in total. The van der Waals surface area contributed by atoms with Crippen molar-refractivity contribution in [2.75, 3.05) is 26.4 Å². The maximum Gasteiger partial charge on any atom is 0.425 e. The molecule has 202 valence electrons. The Kier molecular flexibility index (Phi) is 8.06. The highest BCUT2D eigenvalue weighted by Crippen LogP contribution is 2.51. The number of hydrogen-bond acceptors (Lipinski definition) is 6. The first kappa shape index (κ1) is 27.4.